The Kier molecular flexibility index (Phi) is 4.43. The zero-order valence-electron chi connectivity index (χ0n) is 15.4. The highest BCUT2D eigenvalue weighted by Crippen LogP contribution is 2.23. The van der Waals surface area contributed by atoms with Gasteiger partial charge in [-0.05, 0) is 43.2 Å². The molecule has 0 radical (unpaired) electrons. The van der Waals surface area contributed by atoms with Crippen molar-refractivity contribution < 1.29 is 4.79 Å². The number of hydrogen-bond donors (Lipinski definition) is 0. The quantitative estimate of drug-likeness (QED) is 0.359. The van der Waals surface area contributed by atoms with Crippen molar-refractivity contribution in [2.45, 2.75) is 13.8 Å². The van der Waals surface area contributed by atoms with E-state index in [0.717, 1.165) is 27.7 Å². The molecule has 3 aromatic carbocycles. The first-order chi connectivity index (χ1) is 13.1. The predicted molar refractivity (Wildman–Crippen MR) is 111 cm³/mol. The number of fused-ring (bicyclic) bond motifs is 1. The maximum absolute atomic E-state index is 13.4. The first kappa shape index (κ1) is 17.0. The van der Waals surface area contributed by atoms with Gasteiger partial charge in [-0.15, -0.1) is 0 Å². The fourth-order valence-corrected chi connectivity index (χ4v) is 3.08. The molecule has 0 fully saturated rings. The van der Waals surface area contributed by atoms with Gasteiger partial charge in [0.05, 0.1) is 11.0 Å². The van der Waals surface area contributed by atoms with E-state index in [1.54, 1.807) is 10.9 Å². The minimum atomic E-state index is -0.0897. The molecule has 0 amide bonds. The maximum Gasteiger partial charge on any atom is 0.264 e. The van der Waals surface area contributed by atoms with Crippen LogP contribution in [0.1, 0.15) is 27.0 Å². The molecule has 0 saturated carbocycles. The van der Waals surface area contributed by atoms with Crippen LogP contribution in [0.4, 0.5) is 0 Å². The summed E-state index contributed by atoms with van der Waals surface area (Å²) >= 11 is 0. The molecule has 1 aromatic heterocycles. The average molecular weight is 352 g/mol. The van der Waals surface area contributed by atoms with E-state index in [9.17, 15) is 4.79 Å². The van der Waals surface area contributed by atoms with E-state index in [1.807, 2.05) is 73.7 Å². The molecule has 0 aliphatic heterocycles. The monoisotopic (exact) mass is 352 g/mol. The van der Waals surface area contributed by atoms with Gasteiger partial charge in [-0.1, -0.05) is 71.8 Å². The number of imidazole rings is 1. The molecule has 1 heterocycles. The van der Waals surface area contributed by atoms with Crippen LogP contribution >= 0.6 is 0 Å². The maximum atomic E-state index is 13.4. The highest BCUT2D eigenvalue weighted by atomic mass is 16.2. The highest BCUT2D eigenvalue weighted by molar-refractivity contribution is 6.26. The fraction of sp³-hybridized carbons (Fsp3) is 0.0833. The molecular formula is C24H20N2O. The summed E-state index contributed by atoms with van der Waals surface area (Å²) in [5, 5.41) is 0. The van der Waals surface area contributed by atoms with Crippen molar-refractivity contribution in [3.8, 4) is 0 Å². The Morgan fingerprint density at radius 3 is 2.19 bits per heavy atom. The van der Waals surface area contributed by atoms with Gasteiger partial charge < -0.3 is 0 Å². The van der Waals surface area contributed by atoms with Crippen LogP contribution in [0.25, 0.3) is 22.7 Å². The minimum Gasteiger partial charge on any atom is -0.268 e. The molecule has 0 bridgehead atoms. The van der Waals surface area contributed by atoms with Crippen LogP contribution < -0.4 is 0 Å². The van der Waals surface area contributed by atoms with Gasteiger partial charge in [0.15, 0.2) is 0 Å². The molecule has 3 heteroatoms. The number of aryl methyl sites for hydroxylation is 2. The second-order valence-corrected chi connectivity index (χ2v) is 6.74. The molecule has 0 aliphatic carbocycles. The van der Waals surface area contributed by atoms with E-state index < -0.39 is 0 Å². The van der Waals surface area contributed by atoms with Crippen molar-refractivity contribution >= 4 is 28.6 Å². The summed E-state index contributed by atoms with van der Waals surface area (Å²) in [5.74, 6) is -0.0897. The van der Waals surface area contributed by atoms with Crippen LogP contribution in [-0.2, 0) is 0 Å². The van der Waals surface area contributed by atoms with Crippen LogP contribution in [0.15, 0.2) is 79.1 Å². The Balaban J connectivity index is 1.85. The lowest BCUT2D eigenvalue weighted by Gasteiger charge is -2.10. The molecule has 0 N–H and O–H groups in total. The van der Waals surface area contributed by atoms with Crippen LogP contribution in [0.3, 0.4) is 0 Å². The number of nitrogens with zero attached hydrogens (tertiary/aromatic N) is 2. The van der Waals surface area contributed by atoms with Gasteiger partial charge in [0, 0.05) is 5.57 Å². The Labute approximate surface area is 158 Å². The summed E-state index contributed by atoms with van der Waals surface area (Å²) in [6.45, 7) is 4.09. The van der Waals surface area contributed by atoms with Gasteiger partial charge in [-0.2, -0.15) is 0 Å². The van der Waals surface area contributed by atoms with E-state index in [0.29, 0.717) is 5.57 Å². The number of benzene rings is 3. The van der Waals surface area contributed by atoms with Crippen molar-refractivity contribution in [3.63, 3.8) is 0 Å². The lowest BCUT2D eigenvalue weighted by atomic mass is 10.00. The molecular weight excluding hydrogens is 332 g/mol. The normalized spacial score (nSPS) is 11.7. The number of carbonyl (C=O) groups excluding carboxylic acids is 1. The van der Waals surface area contributed by atoms with Gasteiger partial charge in [-0.25, -0.2) is 4.98 Å². The van der Waals surface area contributed by atoms with E-state index in [2.05, 4.69) is 24.0 Å². The second-order valence-electron chi connectivity index (χ2n) is 6.74. The van der Waals surface area contributed by atoms with Gasteiger partial charge >= 0.3 is 0 Å². The van der Waals surface area contributed by atoms with Crippen molar-refractivity contribution in [3.05, 3.63) is 101 Å². The summed E-state index contributed by atoms with van der Waals surface area (Å²) in [6.07, 6.45) is 3.55. The largest absolute Gasteiger partial charge is 0.268 e. The summed E-state index contributed by atoms with van der Waals surface area (Å²) in [5.41, 5.74) is 6.50. The van der Waals surface area contributed by atoms with Crippen LogP contribution in [0, 0.1) is 13.8 Å². The van der Waals surface area contributed by atoms with Crippen LogP contribution in [0.2, 0.25) is 0 Å². The Morgan fingerprint density at radius 2 is 1.48 bits per heavy atom. The number of carbonyl (C=O) groups is 1. The standard InChI is InChI=1S/C24H20N2O/c1-17-7-11-19(12-8-17)15-21(20-13-9-18(2)10-14-20)24(27)26-16-25-22-5-3-4-6-23(22)26/h3-16H,1-2H3/b21-15+. The molecule has 4 aromatic rings. The molecule has 4 rings (SSSR count). The third kappa shape index (κ3) is 3.44. The van der Waals surface area contributed by atoms with Crippen LogP contribution in [0.5, 0.6) is 0 Å². The number of allylic oxidation sites excluding steroid dienone is 1. The molecule has 132 valence electrons. The van der Waals surface area contributed by atoms with E-state index >= 15 is 0 Å². The summed E-state index contributed by atoms with van der Waals surface area (Å²) < 4.78 is 1.62. The summed E-state index contributed by atoms with van der Waals surface area (Å²) in [4.78, 5) is 17.8. The predicted octanol–water partition coefficient (Wildman–Crippen LogP) is 5.53. The number of para-hydroxylation sites is 2. The Bertz CT molecular complexity index is 1130. The first-order valence-electron chi connectivity index (χ1n) is 8.94. The zero-order chi connectivity index (χ0) is 18.8. The van der Waals surface area contributed by atoms with Gasteiger partial charge in [-0.3, -0.25) is 9.36 Å². The molecule has 27 heavy (non-hydrogen) atoms. The Hall–Kier alpha value is -3.46. The second kappa shape index (κ2) is 7.04. The van der Waals surface area contributed by atoms with Crippen molar-refractivity contribution in [2.75, 3.05) is 0 Å². The van der Waals surface area contributed by atoms with Gasteiger partial charge in [0.2, 0.25) is 0 Å². The van der Waals surface area contributed by atoms with Crippen LogP contribution in [-0.4, -0.2) is 15.5 Å². The van der Waals surface area contributed by atoms with E-state index in [-0.39, 0.29) is 5.91 Å². The van der Waals surface area contributed by atoms with Crippen molar-refractivity contribution in [1.82, 2.24) is 9.55 Å². The highest BCUT2D eigenvalue weighted by Gasteiger charge is 2.17. The third-order valence-corrected chi connectivity index (χ3v) is 4.65. The summed E-state index contributed by atoms with van der Waals surface area (Å²) in [7, 11) is 0. The lowest BCUT2D eigenvalue weighted by Crippen LogP contribution is -2.11. The minimum absolute atomic E-state index is 0.0897. The average Bonchev–Trinajstić information content (AvgIpc) is 3.12. The molecule has 3 nitrogen and oxygen atoms in total. The van der Waals surface area contributed by atoms with Crippen molar-refractivity contribution in [2.24, 2.45) is 0 Å². The first-order valence-corrected chi connectivity index (χ1v) is 8.94. The fourth-order valence-electron chi connectivity index (χ4n) is 3.08. The molecule has 0 saturated heterocycles. The smallest absolute Gasteiger partial charge is 0.264 e. The Morgan fingerprint density at radius 1 is 0.852 bits per heavy atom. The van der Waals surface area contributed by atoms with Crippen molar-refractivity contribution in [1.29, 1.82) is 0 Å². The number of aromatic nitrogens is 2. The lowest BCUT2D eigenvalue weighted by molar-refractivity contribution is 0.0984. The SMILES string of the molecule is Cc1ccc(/C=C(/C(=O)n2cnc3ccccc32)c2ccc(C)cc2)cc1. The number of hydrogen-bond acceptors (Lipinski definition) is 2. The van der Waals surface area contributed by atoms with Gasteiger partial charge in [0.25, 0.3) is 5.91 Å². The number of rotatable bonds is 3. The molecule has 0 spiro atoms. The van der Waals surface area contributed by atoms with E-state index in [1.165, 1.54) is 5.56 Å². The molecule has 0 aliphatic rings. The molecule has 0 atom stereocenters. The topological polar surface area (TPSA) is 34.9 Å². The zero-order valence-corrected chi connectivity index (χ0v) is 15.4. The van der Waals surface area contributed by atoms with E-state index in [4.69, 9.17) is 0 Å². The van der Waals surface area contributed by atoms with Gasteiger partial charge in [0.1, 0.15) is 6.33 Å². The summed E-state index contributed by atoms with van der Waals surface area (Å²) in [6, 6.07) is 23.9. The molecule has 0 unspecified atom stereocenters. The third-order valence-electron chi connectivity index (χ3n) is 4.65.